The van der Waals surface area contributed by atoms with Gasteiger partial charge < -0.3 is 20.1 Å². The highest BCUT2D eigenvalue weighted by Gasteiger charge is 2.50. The van der Waals surface area contributed by atoms with E-state index in [-0.39, 0.29) is 17.1 Å². The second-order valence-electron chi connectivity index (χ2n) is 5.89. The topological polar surface area (TPSA) is 90.2 Å². The van der Waals surface area contributed by atoms with Crippen LogP contribution in [0, 0.1) is 0 Å². The van der Waals surface area contributed by atoms with Crippen LogP contribution >= 0.6 is 23.2 Å². The van der Waals surface area contributed by atoms with Crippen LogP contribution in [0.3, 0.4) is 0 Å². The van der Waals surface area contributed by atoms with Gasteiger partial charge in [0.05, 0.1) is 22.7 Å². The molecule has 2 aliphatic heterocycles. The minimum absolute atomic E-state index is 0.102. The average molecular weight is 362 g/mol. The van der Waals surface area contributed by atoms with Crippen LogP contribution in [-0.4, -0.2) is 69.7 Å². The molecule has 0 radical (unpaired) electrons. The molecule has 2 saturated heterocycles. The van der Waals surface area contributed by atoms with Gasteiger partial charge in [0, 0.05) is 18.1 Å². The Morgan fingerprint density at radius 2 is 1.96 bits per heavy atom. The second-order valence-corrected chi connectivity index (χ2v) is 6.74. The largest absolute Gasteiger partial charge is 0.453 e. The van der Waals surface area contributed by atoms with Gasteiger partial charge in [-0.1, -0.05) is 23.2 Å². The summed E-state index contributed by atoms with van der Waals surface area (Å²) < 4.78 is 5.27. The molecule has 0 bridgehead atoms. The van der Waals surface area contributed by atoms with Crippen molar-refractivity contribution < 1.29 is 24.9 Å². The molecule has 2 fully saturated rings. The number of ether oxygens (including phenoxy) is 1. The highest BCUT2D eigenvalue weighted by Crippen LogP contribution is 2.30. The molecule has 2 aliphatic rings. The van der Waals surface area contributed by atoms with E-state index in [0.29, 0.717) is 18.0 Å². The van der Waals surface area contributed by atoms with Crippen LogP contribution < -0.4 is 0 Å². The Morgan fingerprint density at radius 3 is 2.65 bits per heavy atom. The normalized spacial score (nSPS) is 34.2. The molecule has 1 aromatic rings. The van der Waals surface area contributed by atoms with Gasteiger partial charge >= 0.3 is 5.97 Å². The first-order chi connectivity index (χ1) is 10.9. The van der Waals surface area contributed by atoms with E-state index < -0.39 is 36.4 Å². The zero-order valence-corrected chi connectivity index (χ0v) is 13.6. The summed E-state index contributed by atoms with van der Waals surface area (Å²) in [5.74, 6) is -0.754. The van der Waals surface area contributed by atoms with E-state index >= 15 is 0 Å². The van der Waals surface area contributed by atoms with Crippen LogP contribution in [0.2, 0.25) is 10.0 Å². The minimum Gasteiger partial charge on any atom is -0.453 e. The summed E-state index contributed by atoms with van der Waals surface area (Å²) in [6.07, 6.45) is -3.54. The lowest BCUT2D eigenvalue weighted by Gasteiger charge is -2.42. The smallest absolute Gasteiger partial charge is 0.340 e. The third-order valence-electron chi connectivity index (χ3n) is 4.41. The number of hydrogen-bond acceptors (Lipinski definition) is 6. The lowest BCUT2D eigenvalue weighted by molar-refractivity contribution is -0.144. The maximum Gasteiger partial charge on any atom is 0.340 e. The highest BCUT2D eigenvalue weighted by atomic mass is 35.5. The van der Waals surface area contributed by atoms with E-state index in [1.54, 1.807) is 4.90 Å². The van der Waals surface area contributed by atoms with Gasteiger partial charge in [0.2, 0.25) is 0 Å². The number of fused-ring (bicyclic) bond motifs is 1. The summed E-state index contributed by atoms with van der Waals surface area (Å²) in [5.41, 5.74) is 0.102. The number of piperidine rings is 1. The molecule has 5 atom stereocenters. The zero-order chi connectivity index (χ0) is 16.7. The van der Waals surface area contributed by atoms with Crippen LogP contribution in [-0.2, 0) is 4.74 Å². The summed E-state index contributed by atoms with van der Waals surface area (Å²) in [6, 6.07) is 3.79. The first-order valence-electron chi connectivity index (χ1n) is 7.33. The Balaban J connectivity index is 1.77. The molecule has 0 aromatic heterocycles. The van der Waals surface area contributed by atoms with E-state index in [4.69, 9.17) is 27.9 Å². The van der Waals surface area contributed by atoms with Crippen molar-refractivity contribution in [3.05, 3.63) is 33.8 Å². The van der Waals surface area contributed by atoms with E-state index in [1.807, 2.05) is 0 Å². The van der Waals surface area contributed by atoms with Crippen molar-refractivity contribution in [2.24, 2.45) is 0 Å². The van der Waals surface area contributed by atoms with Gasteiger partial charge in [0.1, 0.15) is 12.2 Å². The third-order valence-corrected chi connectivity index (χ3v) is 4.96. The van der Waals surface area contributed by atoms with Crippen LogP contribution in [0.1, 0.15) is 16.8 Å². The molecule has 1 aromatic carbocycles. The predicted molar refractivity (Wildman–Crippen MR) is 83.7 cm³/mol. The van der Waals surface area contributed by atoms with Crippen molar-refractivity contribution in [2.75, 3.05) is 13.1 Å². The van der Waals surface area contributed by atoms with Crippen LogP contribution in [0.25, 0.3) is 0 Å². The lowest BCUT2D eigenvalue weighted by atomic mass is 9.92. The molecule has 3 N–H and O–H groups in total. The fourth-order valence-electron chi connectivity index (χ4n) is 3.27. The number of aliphatic hydroxyl groups excluding tert-OH is 3. The standard InChI is InChI=1S/C15H17Cl2NO5/c16-7-1-2-8(9(17)5-7)15(22)23-14-11(20)6-18-4-3-10(19)12(18)13(14)21/h1-2,5,10-14,19-21H,3-4,6H2/t10-,11-,12?,13+,14+/m0/s1. The number of nitrogens with zero attached hydrogens (tertiary/aromatic N) is 1. The Bertz CT molecular complexity index is 614. The molecule has 8 heteroatoms. The Labute approximate surface area is 143 Å². The fourth-order valence-corrected chi connectivity index (χ4v) is 3.76. The van der Waals surface area contributed by atoms with Gasteiger partial charge in [-0.25, -0.2) is 4.79 Å². The predicted octanol–water partition coefficient (Wildman–Crippen LogP) is 0.689. The second kappa shape index (κ2) is 6.55. The van der Waals surface area contributed by atoms with Gasteiger partial charge in [-0.3, -0.25) is 4.90 Å². The number of carbonyl (C=O) groups excluding carboxylic acids is 1. The van der Waals surface area contributed by atoms with E-state index in [0.717, 1.165) is 0 Å². The molecule has 6 nitrogen and oxygen atoms in total. The number of esters is 1. The molecule has 0 saturated carbocycles. The molecular formula is C15H17Cl2NO5. The molecule has 3 rings (SSSR count). The zero-order valence-electron chi connectivity index (χ0n) is 12.1. The monoisotopic (exact) mass is 361 g/mol. The number of rotatable bonds is 2. The fraction of sp³-hybridized carbons (Fsp3) is 0.533. The van der Waals surface area contributed by atoms with Gasteiger partial charge in [-0.15, -0.1) is 0 Å². The van der Waals surface area contributed by atoms with Crippen molar-refractivity contribution in [1.82, 2.24) is 4.90 Å². The first kappa shape index (κ1) is 17.0. The van der Waals surface area contributed by atoms with Gasteiger partial charge in [-0.05, 0) is 24.6 Å². The van der Waals surface area contributed by atoms with E-state index in [2.05, 4.69) is 0 Å². The summed E-state index contributed by atoms with van der Waals surface area (Å²) in [7, 11) is 0. The van der Waals surface area contributed by atoms with Crippen LogP contribution in [0.4, 0.5) is 0 Å². The SMILES string of the molecule is O=C(O[C@H]1[C@H](O)C2[C@@H](O)CCN2C[C@@H]1O)c1ccc(Cl)cc1Cl. The number of benzene rings is 1. The quantitative estimate of drug-likeness (QED) is 0.671. The first-order valence-corrected chi connectivity index (χ1v) is 8.08. The van der Waals surface area contributed by atoms with Crippen molar-refractivity contribution in [1.29, 1.82) is 0 Å². The van der Waals surface area contributed by atoms with Crippen molar-refractivity contribution in [3.8, 4) is 0 Å². The number of aliphatic hydroxyl groups is 3. The van der Waals surface area contributed by atoms with Gasteiger partial charge in [0.15, 0.2) is 6.10 Å². The number of hydrogen-bond donors (Lipinski definition) is 3. The maximum absolute atomic E-state index is 12.3. The Hall–Kier alpha value is -0.890. The van der Waals surface area contributed by atoms with Crippen molar-refractivity contribution in [2.45, 2.75) is 36.9 Å². The van der Waals surface area contributed by atoms with Crippen LogP contribution in [0.15, 0.2) is 18.2 Å². The number of halogens is 2. The maximum atomic E-state index is 12.3. The summed E-state index contributed by atoms with van der Waals surface area (Å²) >= 11 is 11.8. The summed E-state index contributed by atoms with van der Waals surface area (Å²) in [4.78, 5) is 14.1. The Kier molecular flexibility index (Phi) is 4.83. The summed E-state index contributed by atoms with van der Waals surface area (Å²) in [6.45, 7) is 0.814. The molecule has 126 valence electrons. The molecular weight excluding hydrogens is 345 g/mol. The molecule has 0 aliphatic carbocycles. The molecule has 23 heavy (non-hydrogen) atoms. The minimum atomic E-state index is -1.17. The molecule has 0 amide bonds. The van der Waals surface area contributed by atoms with Crippen molar-refractivity contribution in [3.63, 3.8) is 0 Å². The van der Waals surface area contributed by atoms with Gasteiger partial charge in [-0.2, -0.15) is 0 Å². The van der Waals surface area contributed by atoms with E-state index in [1.165, 1.54) is 18.2 Å². The van der Waals surface area contributed by atoms with Crippen molar-refractivity contribution >= 4 is 29.2 Å². The average Bonchev–Trinajstić information content (AvgIpc) is 2.84. The van der Waals surface area contributed by atoms with Gasteiger partial charge in [0.25, 0.3) is 0 Å². The lowest BCUT2D eigenvalue weighted by Crippen LogP contribution is -2.62. The van der Waals surface area contributed by atoms with Crippen LogP contribution in [0.5, 0.6) is 0 Å². The molecule has 2 heterocycles. The Morgan fingerprint density at radius 1 is 1.22 bits per heavy atom. The number of carbonyl (C=O) groups is 1. The highest BCUT2D eigenvalue weighted by molar-refractivity contribution is 6.36. The molecule has 1 unspecified atom stereocenters. The third kappa shape index (κ3) is 3.20. The summed E-state index contributed by atoms with van der Waals surface area (Å²) in [5, 5.41) is 31.0. The molecule has 0 spiro atoms. The van der Waals surface area contributed by atoms with E-state index in [9.17, 15) is 20.1 Å².